The van der Waals surface area contributed by atoms with Crippen LogP contribution in [0.2, 0.25) is 5.15 Å². The molecular formula is C25H25ClFN5O2. The highest BCUT2D eigenvalue weighted by Gasteiger charge is 2.18. The molecule has 0 aliphatic carbocycles. The first kappa shape index (κ1) is 23.5. The van der Waals surface area contributed by atoms with E-state index in [1.807, 2.05) is 6.07 Å². The van der Waals surface area contributed by atoms with E-state index in [1.165, 1.54) is 29.3 Å². The van der Waals surface area contributed by atoms with Crippen molar-refractivity contribution in [2.75, 3.05) is 23.3 Å². The highest BCUT2D eigenvalue weighted by atomic mass is 35.5. The third-order valence-corrected chi connectivity index (χ3v) is 6.12. The Labute approximate surface area is 202 Å². The number of hydrogen-bond donors (Lipinski definition) is 2. The van der Waals surface area contributed by atoms with Gasteiger partial charge in [0.2, 0.25) is 11.8 Å². The van der Waals surface area contributed by atoms with Gasteiger partial charge in [-0.1, -0.05) is 11.6 Å². The van der Waals surface area contributed by atoms with Crippen molar-refractivity contribution < 1.29 is 14.0 Å². The molecule has 3 aromatic rings. The summed E-state index contributed by atoms with van der Waals surface area (Å²) in [6.45, 7) is 3.53. The van der Waals surface area contributed by atoms with Crippen LogP contribution < -0.4 is 16.0 Å². The summed E-state index contributed by atoms with van der Waals surface area (Å²) in [5, 5.41) is 7.57. The van der Waals surface area contributed by atoms with Crippen molar-refractivity contribution in [3.8, 4) is 5.69 Å². The van der Waals surface area contributed by atoms with E-state index in [-0.39, 0.29) is 11.7 Å². The van der Waals surface area contributed by atoms with Gasteiger partial charge in [-0.3, -0.25) is 9.59 Å². The number of nitrogens with zero attached hydrogens (tertiary/aromatic N) is 3. The molecule has 176 valence electrons. The fraction of sp³-hybridized carbons (Fsp3) is 0.240. The van der Waals surface area contributed by atoms with Crippen LogP contribution in [0.25, 0.3) is 11.8 Å². The Morgan fingerprint density at radius 3 is 2.50 bits per heavy atom. The Morgan fingerprint density at radius 2 is 1.82 bits per heavy atom. The van der Waals surface area contributed by atoms with E-state index in [0.717, 1.165) is 31.6 Å². The summed E-state index contributed by atoms with van der Waals surface area (Å²) in [4.78, 5) is 26.7. The fourth-order valence-corrected chi connectivity index (χ4v) is 4.32. The van der Waals surface area contributed by atoms with E-state index in [4.69, 9.17) is 17.3 Å². The predicted octanol–water partition coefficient (Wildman–Crippen LogP) is 4.71. The number of hydrogen-bond acceptors (Lipinski definition) is 4. The molecule has 3 N–H and O–H groups in total. The summed E-state index contributed by atoms with van der Waals surface area (Å²) in [5.74, 6) is -1.30. The van der Waals surface area contributed by atoms with Gasteiger partial charge in [-0.2, -0.15) is 5.10 Å². The standard InChI is InChI=1S/C25H25ClFN5O2/c1-16-20(24(26)32(30-16)19-8-6-18(27)7-9-19)10-12-23(33)29-21-15-17(25(28)34)5-11-22(21)31-13-3-2-4-14-31/h5-12,15H,2-4,13-14H2,1H3,(H2,28,34)(H,29,33). The van der Waals surface area contributed by atoms with Gasteiger partial charge in [0.05, 0.1) is 22.8 Å². The summed E-state index contributed by atoms with van der Waals surface area (Å²) in [5.41, 5.74) is 8.93. The third kappa shape index (κ3) is 5.12. The van der Waals surface area contributed by atoms with Crippen LogP contribution in [0.3, 0.4) is 0 Å². The van der Waals surface area contributed by atoms with Gasteiger partial charge in [0.25, 0.3) is 0 Å². The average molecular weight is 482 g/mol. The monoisotopic (exact) mass is 481 g/mol. The van der Waals surface area contributed by atoms with Gasteiger partial charge in [-0.15, -0.1) is 0 Å². The van der Waals surface area contributed by atoms with Crippen LogP contribution in [-0.4, -0.2) is 34.7 Å². The Kier molecular flexibility index (Phi) is 6.98. The second-order valence-corrected chi connectivity index (χ2v) is 8.50. The summed E-state index contributed by atoms with van der Waals surface area (Å²) < 4.78 is 14.7. The number of benzene rings is 2. The first-order valence-corrected chi connectivity index (χ1v) is 11.4. The quantitative estimate of drug-likeness (QED) is 0.498. The van der Waals surface area contributed by atoms with Gasteiger partial charge in [0.1, 0.15) is 11.0 Å². The number of primary amides is 1. The minimum absolute atomic E-state index is 0.304. The van der Waals surface area contributed by atoms with Crippen molar-refractivity contribution >= 4 is 40.9 Å². The molecule has 2 aromatic carbocycles. The molecular weight excluding hydrogens is 457 g/mol. The fourth-order valence-electron chi connectivity index (χ4n) is 3.99. The molecule has 4 rings (SSSR count). The molecule has 2 heterocycles. The van der Waals surface area contributed by atoms with Crippen LogP contribution in [-0.2, 0) is 4.79 Å². The molecule has 0 saturated carbocycles. The normalized spacial score (nSPS) is 13.9. The molecule has 1 aliphatic heterocycles. The van der Waals surface area contributed by atoms with Crippen LogP contribution >= 0.6 is 11.6 Å². The lowest BCUT2D eigenvalue weighted by atomic mass is 10.1. The SMILES string of the molecule is Cc1nn(-c2ccc(F)cc2)c(Cl)c1C=CC(=O)Nc1cc(C(N)=O)ccc1N1CCCCC1. The van der Waals surface area contributed by atoms with Crippen molar-refractivity contribution in [2.24, 2.45) is 5.73 Å². The molecule has 1 saturated heterocycles. The second kappa shape index (κ2) is 10.1. The Balaban J connectivity index is 1.57. The number of amides is 2. The number of aryl methyl sites for hydroxylation is 1. The van der Waals surface area contributed by atoms with Gasteiger partial charge < -0.3 is 16.0 Å². The maximum atomic E-state index is 13.2. The van der Waals surface area contributed by atoms with Crippen molar-refractivity contribution in [2.45, 2.75) is 26.2 Å². The Hall–Kier alpha value is -3.65. The topological polar surface area (TPSA) is 93.2 Å². The minimum atomic E-state index is -0.563. The molecule has 0 bridgehead atoms. The average Bonchev–Trinajstić information content (AvgIpc) is 3.11. The van der Waals surface area contributed by atoms with Gasteiger partial charge in [-0.25, -0.2) is 9.07 Å². The van der Waals surface area contributed by atoms with Gasteiger partial charge in [0.15, 0.2) is 0 Å². The van der Waals surface area contributed by atoms with Crippen molar-refractivity contribution in [1.29, 1.82) is 0 Å². The van der Waals surface area contributed by atoms with E-state index in [1.54, 1.807) is 37.3 Å². The maximum absolute atomic E-state index is 13.2. The van der Waals surface area contributed by atoms with Gasteiger partial charge >= 0.3 is 0 Å². The highest BCUT2D eigenvalue weighted by molar-refractivity contribution is 6.31. The molecule has 7 nitrogen and oxygen atoms in total. The first-order valence-electron chi connectivity index (χ1n) is 11.0. The van der Waals surface area contributed by atoms with E-state index >= 15 is 0 Å². The number of anilines is 2. The molecule has 9 heteroatoms. The van der Waals surface area contributed by atoms with Crippen LogP contribution in [0.15, 0.2) is 48.5 Å². The Bertz CT molecular complexity index is 1250. The maximum Gasteiger partial charge on any atom is 0.248 e. The van der Waals surface area contributed by atoms with Gasteiger partial charge in [0, 0.05) is 30.3 Å². The first-order chi connectivity index (χ1) is 16.3. The number of carbonyl (C=O) groups is 2. The molecule has 2 amide bonds. The molecule has 1 aliphatic rings. The molecule has 34 heavy (non-hydrogen) atoms. The van der Waals surface area contributed by atoms with Crippen LogP contribution in [0, 0.1) is 12.7 Å². The third-order valence-electron chi connectivity index (χ3n) is 5.76. The van der Waals surface area contributed by atoms with Gasteiger partial charge in [-0.05, 0) is 74.7 Å². The lowest BCUT2D eigenvalue weighted by Gasteiger charge is -2.30. The number of carbonyl (C=O) groups excluding carboxylic acids is 2. The zero-order chi connectivity index (χ0) is 24.2. The number of piperidine rings is 1. The largest absolute Gasteiger partial charge is 0.370 e. The van der Waals surface area contributed by atoms with E-state index in [0.29, 0.717) is 33.3 Å². The van der Waals surface area contributed by atoms with E-state index < -0.39 is 5.91 Å². The minimum Gasteiger partial charge on any atom is -0.370 e. The molecule has 0 radical (unpaired) electrons. The molecule has 0 spiro atoms. The van der Waals surface area contributed by atoms with E-state index in [9.17, 15) is 14.0 Å². The van der Waals surface area contributed by atoms with Crippen LogP contribution in [0.5, 0.6) is 0 Å². The van der Waals surface area contributed by atoms with Crippen LogP contribution in [0.1, 0.15) is 40.9 Å². The zero-order valence-electron chi connectivity index (χ0n) is 18.7. The van der Waals surface area contributed by atoms with Crippen molar-refractivity contribution in [1.82, 2.24) is 9.78 Å². The molecule has 0 atom stereocenters. The summed E-state index contributed by atoms with van der Waals surface area (Å²) in [6.07, 6.45) is 6.26. The zero-order valence-corrected chi connectivity index (χ0v) is 19.5. The lowest BCUT2D eigenvalue weighted by Crippen LogP contribution is -2.30. The van der Waals surface area contributed by atoms with E-state index in [2.05, 4.69) is 15.3 Å². The number of rotatable bonds is 6. The number of halogens is 2. The number of nitrogens with two attached hydrogens (primary N) is 1. The molecule has 1 aromatic heterocycles. The van der Waals surface area contributed by atoms with Crippen LogP contribution in [0.4, 0.5) is 15.8 Å². The summed E-state index contributed by atoms with van der Waals surface area (Å²) >= 11 is 6.50. The number of aromatic nitrogens is 2. The van der Waals surface area contributed by atoms with Crippen molar-refractivity contribution in [3.05, 3.63) is 76.3 Å². The Morgan fingerprint density at radius 1 is 1.12 bits per heavy atom. The van der Waals surface area contributed by atoms with Crippen molar-refractivity contribution in [3.63, 3.8) is 0 Å². The lowest BCUT2D eigenvalue weighted by molar-refractivity contribution is -0.111. The summed E-state index contributed by atoms with van der Waals surface area (Å²) in [7, 11) is 0. The predicted molar refractivity (Wildman–Crippen MR) is 132 cm³/mol. The number of nitrogens with one attached hydrogen (secondary N) is 1. The molecule has 1 fully saturated rings. The second-order valence-electron chi connectivity index (χ2n) is 8.14. The molecule has 0 unspecified atom stereocenters. The summed E-state index contributed by atoms with van der Waals surface area (Å²) in [6, 6.07) is 10.9. The highest BCUT2D eigenvalue weighted by Crippen LogP contribution is 2.30. The smallest absolute Gasteiger partial charge is 0.248 e.